The molecule has 0 aromatic heterocycles. The lowest BCUT2D eigenvalue weighted by Gasteiger charge is -2.10. The van der Waals surface area contributed by atoms with Crippen LogP contribution in [-0.4, -0.2) is 40.4 Å². The summed E-state index contributed by atoms with van der Waals surface area (Å²) in [6.45, 7) is 2.35. The molecule has 0 radical (unpaired) electrons. The average Bonchev–Trinajstić information content (AvgIpc) is 2.38. The van der Waals surface area contributed by atoms with Gasteiger partial charge in [-0.15, -0.1) is 0 Å². The molecule has 0 aliphatic carbocycles. The first-order valence-electron chi connectivity index (χ1n) is 6.44. The van der Waals surface area contributed by atoms with Crippen molar-refractivity contribution in [1.29, 1.82) is 0 Å². The second kappa shape index (κ2) is 8.64. The number of methoxy groups -OCH3 is 1. The van der Waals surface area contributed by atoms with Gasteiger partial charge in [-0.25, -0.2) is 0 Å². The van der Waals surface area contributed by atoms with Crippen LogP contribution in [0.5, 0.6) is 0 Å². The highest BCUT2D eigenvalue weighted by Gasteiger charge is 2.09. The van der Waals surface area contributed by atoms with Gasteiger partial charge in [0.2, 0.25) is 0 Å². The van der Waals surface area contributed by atoms with Crippen LogP contribution >= 0.6 is 0 Å². The third-order valence-electron chi connectivity index (χ3n) is 2.40. The van der Waals surface area contributed by atoms with Crippen LogP contribution in [0, 0.1) is 18.8 Å². The van der Waals surface area contributed by atoms with Gasteiger partial charge in [-0.05, 0) is 30.7 Å². The maximum atomic E-state index is 11.8. The van der Waals surface area contributed by atoms with Crippen molar-refractivity contribution in [3.05, 3.63) is 29.3 Å². The van der Waals surface area contributed by atoms with E-state index in [1.54, 1.807) is 12.1 Å². The largest absolute Gasteiger partial charge is 0.395 e. The Morgan fingerprint density at radius 2 is 2.10 bits per heavy atom. The average molecular weight is 312 g/mol. The summed E-state index contributed by atoms with van der Waals surface area (Å²) in [6, 6.07) is 5.21. The van der Waals surface area contributed by atoms with E-state index in [1.807, 2.05) is 13.0 Å². The van der Waals surface area contributed by atoms with Gasteiger partial charge in [0.1, 0.15) is 0 Å². The summed E-state index contributed by atoms with van der Waals surface area (Å²) >= 11 is 0. The lowest BCUT2D eigenvalue weighted by molar-refractivity contribution is 0.204. The fourth-order valence-electron chi connectivity index (χ4n) is 1.60. The SMILES string of the molecule is COCCNS(=O)(=O)Nc1cc(C)cc(C#CCCO)c1. The summed E-state index contributed by atoms with van der Waals surface area (Å²) in [5, 5.41) is 8.70. The summed E-state index contributed by atoms with van der Waals surface area (Å²) in [7, 11) is -2.13. The molecule has 0 atom stereocenters. The van der Waals surface area contributed by atoms with E-state index in [1.165, 1.54) is 7.11 Å². The molecule has 1 aromatic carbocycles. The molecule has 0 aliphatic rings. The maximum Gasteiger partial charge on any atom is 0.299 e. The van der Waals surface area contributed by atoms with Crippen LogP contribution in [0.25, 0.3) is 0 Å². The van der Waals surface area contributed by atoms with Crippen molar-refractivity contribution in [2.45, 2.75) is 13.3 Å². The fourth-order valence-corrected chi connectivity index (χ4v) is 2.46. The Labute approximate surface area is 125 Å². The molecule has 0 saturated heterocycles. The normalized spacial score (nSPS) is 10.8. The molecule has 0 unspecified atom stereocenters. The Kier molecular flexibility index (Phi) is 7.19. The molecule has 21 heavy (non-hydrogen) atoms. The number of hydrogen-bond donors (Lipinski definition) is 3. The zero-order valence-corrected chi connectivity index (χ0v) is 13.0. The van der Waals surface area contributed by atoms with Crippen molar-refractivity contribution in [2.24, 2.45) is 0 Å². The monoisotopic (exact) mass is 312 g/mol. The van der Waals surface area contributed by atoms with Crippen LogP contribution in [0.2, 0.25) is 0 Å². The number of aliphatic hydroxyl groups excluding tert-OH is 1. The Morgan fingerprint density at radius 3 is 2.76 bits per heavy atom. The molecule has 0 fully saturated rings. The number of benzene rings is 1. The molecule has 6 nitrogen and oxygen atoms in total. The number of ether oxygens (including phenoxy) is 1. The van der Waals surface area contributed by atoms with E-state index in [-0.39, 0.29) is 13.2 Å². The molecule has 0 saturated carbocycles. The topological polar surface area (TPSA) is 87.7 Å². The standard InChI is InChI=1S/C14H20N2O4S/c1-12-9-13(5-3-4-7-17)11-14(10-12)16-21(18,19)15-6-8-20-2/h9-11,15-17H,4,6-8H2,1-2H3. The molecule has 7 heteroatoms. The fraction of sp³-hybridized carbons (Fsp3) is 0.429. The van der Waals surface area contributed by atoms with Gasteiger partial charge in [-0.1, -0.05) is 11.8 Å². The second-order valence-corrected chi connectivity index (χ2v) is 5.86. The molecule has 1 aromatic rings. The van der Waals surface area contributed by atoms with E-state index in [9.17, 15) is 8.42 Å². The third-order valence-corrected chi connectivity index (χ3v) is 3.49. The first-order chi connectivity index (χ1) is 9.96. The van der Waals surface area contributed by atoms with Gasteiger partial charge in [0.05, 0.1) is 18.9 Å². The van der Waals surface area contributed by atoms with Gasteiger partial charge < -0.3 is 9.84 Å². The summed E-state index contributed by atoms with van der Waals surface area (Å²) < 4.78 is 33.2. The zero-order valence-electron chi connectivity index (χ0n) is 12.1. The maximum absolute atomic E-state index is 11.8. The Balaban J connectivity index is 2.82. The van der Waals surface area contributed by atoms with E-state index in [2.05, 4.69) is 21.3 Å². The van der Waals surface area contributed by atoms with Crippen LogP contribution in [0.4, 0.5) is 5.69 Å². The van der Waals surface area contributed by atoms with Crippen LogP contribution < -0.4 is 9.44 Å². The van der Waals surface area contributed by atoms with Crippen LogP contribution in [0.1, 0.15) is 17.5 Å². The van der Waals surface area contributed by atoms with Gasteiger partial charge in [0, 0.05) is 25.6 Å². The minimum atomic E-state index is -3.63. The van der Waals surface area contributed by atoms with Gasteiger partial charge in [0.15, 0.2) is 0 Å². The number of anilines is 1. The van der Waals surface area contributed by atoms with Crippen molar-refractivity contribution >= 4 is 15.9 Å². The zero-order chi connectivity index (χ0) is 15.7. The summed E-state index contributed by atoms with van der Waals surface area (Å²) in [5.74, 6) is 5.68. The third kappa shape index (κ3) is 7.11. The quantitative estimate of drug-likeness (QED) is 0.509. The van der Waals surface area contributed by atoms with Gasteiger partial charge in [-0.3, -0.25) is 4.72 Å². The van der Waals surface area contributed by atoms with Gasteiger partial charge in [-0.2, -0.15) is 13.1 Å². The summed E-state index contributed by atoms with van der Waals surface area (Å²) in [4.78, 5) is 0. The number of aryl methyl sites for hydroxylation is 1. The summed E-state index contributed by atoms with van der Waals surface area (Å²) in [6.07, 6.45) is 0.383. The van der Waals surface area contributed by atoms with E-state index in [4.69, 9.17) is 9.84 Å². The van der Waals surface area contributed by atoms with Crippen molar-refractivity contribution in [2.75, 3.05) is 31.6 Å². The predicted molar refractivity (Wildman–Crippen MR) is 82.2 cm³/mol. The van der Waals surface area contributed by atoms with Crippen molar-refractivity contribution in [1.82, 2.24) is 4.72 Å². The highest BCUT2D eigenvalue weighted by molar-refractivity contribution is 7.90. The minimum absolute atomic E-state index is 0.00171. The first kappa shape index (κ1) is 17.5. The number of rotatable bonds is 7. The molecule has 3 N–H and O–H groups in total. The molecule has 1 rings (SSSR count). The Hall–Kier alpha value is -1.59. The van der Waals surface area contributed by atoms with E-state index < -0.39 is 10.2 Å². The molecule has 0 heterocycles. The van der Waals surface area contributed by atoms with E-state index in [0.717, 1.165) is 5.56 Å². The minimum Gasteiger partial charge on any atom is -0.395 e. The highest BCUT2D eigenvalue weighted by Crippen LogP contribution is 2.15. The number of aliphatic hydroxyl groups is 1. The molecule has 0 amide bonds. The number of nitrogens with one attached hydrogen (secondary N) is 2. The van der Waals surface area contributed by atoms with Crippen molar-refractivity contribution in [3.8, 4) is 11.8 Å². The van der Waals surface area contributed by atoms with E-state index >= 15 is 0 Å². The Morgan fingerprint density at radius 1 is 1.33 bits per heavy atom. The Bertz CT molecular complexity index is 618. The lowest BCUT2D eigenvalue weighted by atomic mass is 10.1. The molecule has 116 valence electrons. The van der Waals surface area contributed by atoms with Crippen molar-refractivity contribution < 1.29 is 18.3 Å². The summed E-state index contributed by atoms with van der Waals surface area (Å²) in [5.41, 5.74) is 2.02. The molecular weight excluding hydrogens is 292 g/mol. The molecule has 0 aliphatic heterocycles. The molecule has 0 spiro atoms. The first-order valence-corrected chi connectivity index (χ1v) is 7.93. The number of hydrogen-bond acceptors (Lipinski definition) is 4. The second-order valence-electron chi connectivity index (χ2n) is 4.36. The van der Waals surface area contributed by atoms with Crippen LogP contribution in [0.3, 0.4) is 0 Å². The van der Waals surface area contributed by atoms with Crippen LogP contribution in [0.15, 0.2) is 18.2 Å². The lowest BCUT2D eigenvalue weighted by Crippen LogP contribution is -2.32. The molecular formula is C14H20N2O4S. The smallest absolute Gasteiger partial charge is 0.299 e. The van der Waals surface area contributed by atoms with Gasteiger partial charge in [0.25, 0.3) is 10.2 Å². The van der Waals surface area contributed by atoms with Crippen molar-refractivity contribution in [3.63, 3.8) is 0 Å². The highest BCUT2D eigenvalue weighted by atomic mass is 32.2. The van der Waals surface area contributed by atoms with Crippen LogP contribution in [-0.2, 0) is 14.9 Å². The van der Waals surface area contributed by atoms with E-state index in [0.29, 0.717) is 24.3 Å². The molecule has 0 bridgehead atoms. The predicted octanol–water partition coefficient (Wildman–Crippen LogP) is 0.622. The van der Waals surface area contributed by atoms with Gasteiger partial charge >= 0.3 is 0 Å².